The molecule has 1 aliphatic rings. The molecule has 3 rings (SSSR count). The van der Waals surface area contributed by atoms with Gasteiger partial charge >= 0.3 is 0 Å². The number of benzene rings is 1. The Kier molecular flexibility index (Phi) is 5.20. The van der Waals surface area contributed by atoms with Crippen LogP contribution in [-0.4, -0.2) is 40.8 Å². The Balaban J connectivity index is 1.66. The minimum atomic E-state index is -0.291. The molecule has 0 saturated carbocycles. The van der Waals surface area contributed by atoms with Crippen LogP contribution >= 0.6 is 0 Å². The van der Waals surface area contributed by atoms with Crippen molar-refractivity contribution < 1.29 is 5.11 Å². The van der Waals surface area contributed by atoms with Crippen molar-refractivity contribution in [2.45, 2.75) is 26.4 Å². The van der Waals surface area contributed by atoms with E-state index in [-0.39, 0.29) is 11.2 Å². The van der Waals surface area contributed by atoms with E-state index in [4.69, 9.17) is 0 Å². The second kappa shape index (κ2) is 7.53. The summed E-state index contributed by atoms with van der Waals surface area (Å²) in [6.07, 6.45) is 2.54. The highest BCUT2D eigenvalue weighted by Gasteiger charge is 2.18. The van der Waals surface area contributed by atoms with Crippen molar-refractivity contribution in [1.29, 1.82) is 0 Å². The number of para-hydroxylation sites is 1. The van der Waals surface area contributed by atoms with Gasteiger partial charge in [0.05, 0.1) is 6.20 Å². The number of aryl methyl sites for hydroxylation is 1. The molecule has 2 aromatic rings. The van der Waals surface area contributed by atoms with Crippen LogP contribution in [-0.2, 0) is 13.1 Å². The first-order chi connectivity index (χ1) is 11.7. The molecule has 0 bridgehead atoms. The van der Waals surface area contributed by atoms with Gasteiger partial charge < -0.3 is 14.6 Å². The first-order valence-electron chi connectivity index (χ1n) is 8.62. The number of hydrogen-bond acceptors (Lipinski definition) is 4. The van der Waals surface area contributed by atoms with Crippen molar-refractivity contribution in [3.8, 4) is 5.75 Å². The Bertz CT molecular complexity index is 719. The van der Waals surface area contributed by atoms with Crippen LogP contribution in [0.25, 0.3) is 0 Å². The molecule has 0 radical (unpaired) electrons. The molecule has 0 spiro atoms. The van der Waals surface area contributed by atoms with Crippen LogP contribution in [0.4, 0.5) is 5.69 Å². The summed E-state index contributed by atoms with van der Waals surface area (Å²) in [6.45, 7) is 7.56. The molecule has 1 saturated heterocycles. The summed E-state index contributed by atoms with van der Waals surface area (Å²) < 4.78 is 2.00. The van der Waals surface area contributed by atoms with E-state index in [2.05, 4.69) is 41.0 Å². The fourth-order valence-electron chi connectivity index (χ4n) is 3.22. The van der Waals surface area contributed by atoms with Crippen molar-refractivity contribution in [3.63, 3.8) is 0 Å². The Labute approximate surface area is 142 Å². The normalized spacial score (nSPS) is 15.6. The summed E-state index contributed by atoms with van der Waals surface area (Å²) in [6, 6.07) is 12.1. The third-order valence-corrected chi connectivity index (χ3v) is 4.54. The summed E-state index contributed by atoms with van der Waals surface area (Å²) in [7, 11) is 0. The number of aromatic nitrogens is 1. The maximum atomic E-state index is 11.8. The zero-order valence-corrected chi connectivity index (χ0v) is 14.2. The molecule has 0 aliphatic carbocycles. The van der Waals surface area contributed by atoms with E-state index >= 15 is 0 Å². The van der Waals surface area contributed by atoms with Crippen LogP contribution in [0.3, 0.4) is 0 Å². The van der Waals surface area contributed by atoms with Crippen molar-refractivity contribution in [2.24, 2.45) is 0 Å². The van der Waals surface area contributed by atoms with Gasteiger partial charge in [0.2, 0.25) is 5.43 Å². The summed E-state index contributed by atoms with van der Waals surface area (Å²) in [5.74, 6) is -0.166. The van der Waals surface area contributed by atoms with Crippen molar-refractivity contribution in [3.05, 3.63) is 58.5 Å². The van der Waals surface area contributed by atoms with Gasteiger partial charge in [-0.05, 0) is 18.6 Å². The SMILES string of the molecule is CCCn1cc(O)c(=O)cc1CN1CCN(c2ccccc2)CC1. The average Bonchev–Trinajstić information content (AvgIpc) is 2.61. The van der Waals surface area contributed by atoms with E-state index in [0.29, 0.717) is 0 Å². The summed E-state index contributed by atoms with van der Waals surface area (Å²) >= 11 is 0. The molecular formula is C19H25N3O2. The predicted molar refractivity (Wildman–Crippen MR) is 96.6 cm³/mol. The lowest BCUT2D eigenvalue weighted by Gasteiger charge is -2.36. The van der Waals surface area contributed by atoms with Crippen molar-refractivity contribution in [2.75, 3.05) is 31.1 Å². The first-order valence-corrected chi connectivity index (χ1v) is 8.62. The van der Waals surface area contributed by atoms with E-state index in [1.54, 1.807) is 12.3 Å². The number of hydrogen-bond donors (Lipinski definition) is 1. The molecule has 0 atom stereocenters. The molecule has 1 aromatic carbocycles. The number of aromatic hydroxyl groups is 1. The number of piperazine rings is 1. The molecule has 24 heavy (non-hydrogen) atoms. The van der Waals surface area contributed by atoms with Gasteiger partial charge in [-0.3, -0.25) is 9.69 Å². The Hall–Kier alpha value is -2.27. The minimum Gasteiger partial charge on any atom is -0.503 e. The maximum Gasteiger partial charge on any atom is 0.223 e. The third-order valence-electron chi connectivity index (χ3n) is 4.54. The standard InChI is InChI=1S/C19H25N3O2/c1-2-8-22-15-19(24)18(23)13-17(22)14-20-9-11-21(12-10-20)16-6-4-3-5-7-16/h3-7,13,15,24H,2,8-12,14H2,1H3. The molecule has 2 heterocycles. The fraction of sp³-hybridized carbons (Fsp3) is 0.421. The lowest BCUT2D eigenvalue weighted by atomic mass is 10.2. The van der Waals surface area contributed by atoms with E-state index in [9.17, 15) is 9.90 Å². The lowest BCUT2D eigenvalue weighted by molar-refractivity contribution is 0.242. The zero-order chi connectivity index (χ0) is 16.9. The Morgan fingerprint density at radius 2 is 1.79 bits per heavy atom. The molecule has 1 fully saturated rings. The third kappa shape index (κ3) is 3.79. The van der Waals surface area contributed by atoms with Gasteiger partial charge in [-0.2, -0.15) is 0 Å². The zero-order valence-electron chi connectivity index (χ0n) is 14.2. The molecule has 0 amide bonds. The minimum absolute atomic E-state index is 0.166. The van der Waals surface area contributed by atoms with E-state index in [1.807, 2.05) is 10.6 Å². The largest absolute Gasteiger partial charge is 0.503 e. The second-order valence-corrected chi connectivity index (χ2v) is 6.31. The lowest BCUT2D eigenvalue weighted by Crippen LogP contribution is -2.46. The Morgan fingerprint density at radius 1 is 1.08 bits per heavy atom. The van der Waals surface area contributed by atoms with Gasteiger partial charge in [-0.25, -0.2) is 0 Å². The van der Waals surface area contributed by atoms with Crippen LogP contribution in [0.1, 0.15) is 19.0 Å². The van der Waals surface area contributed by atoms with Gasteiger partial charge in [0.25, 0.3) is 0 Å². The van der Waals surface area contributed by atoms with Gasteiger partial charge in [0.1, 0.15) is 0 Å². The highest BCUT2D eigenvalue weighted by atomic mass is 16.3. The maximum absolute atomic E-state index is 11.8. The number of nitrogens with zero attached hydrogens (tertiary/aromatic N) is 3. The van der Waals surface area contributed by atoms with Crippen LogP contribution in [0.15, 0.2) is 47.4 Å². The Morgan fingerprint density at radius 3 is 2.46 bits per heavy atom. The predicted octanol–water partition coefficient (Wildman–Crippen LogP) is 2.29. The number of pyridine rings is 1. The summed E-state index contributed by atoms with van der Waals surface area (Å²) in [5, 5.41) is 9.66. The van der Waals surface area contributed by atoms with Crippen LogP contribution in [0.2, 0.25) is 0 Å². The van der Waals surface area contributed by atoms with Crippen molar-refractivity contribution >= 4 is 5.69 Å². The monoisotopic (exact) mass is 327 g/mol. The highest BCUT2D eigenvalue weighted by molar-refractivity contribution is 5.46. The van der Waals surface area contributed by atoms with Gasteiger partial charge in [-0.1, -0.05) is 25.1 Å². The highest BCUT2D eigenvalue weighted by Crippen LogP contribution is 2.17. The van der Waals surface area contributed by atoms with Crippen LogP contribution < -0.4 is 10.3 Å². The summed E-state index contributed by atoms with van der Waals surface area (Å²) in [5.41, 5.74) is 1.96. The van der Waals surface area contributed by atoms with Crippen LogP contribution in [0.5, 0.6) is 5.75 Å². The molecule has 0 unspecified atom stereocenters. The smallest absolute Gasteiger partial charge is 0.223 e. The summed E-state index contributed by atoms with van der Waals surface area (Å²) in [4.78, 5) is 16.6. The van der Waals surface area contributed by atoms with Gasteiger partial charge in [0, 0.05) is 56.7 Å². The molecule has 1 N–H and O–H groups in total. The molecule has 1 aliphatic heterocycles. The number of rotatable bonds is 5. The molecule has 128 valence electrons. The van der Waals surface area contributed by atoms with E-state index < -0.39 is 0 Å². The van der Waals surface area contributed by atoms with Gasteiger partial charge in [-0.15, -0.1) is 0 Å². The first kappa shape index (κ1) is 16.6. The van der Waals surface area contributed by atoms with Gasteiger partial charge in [0.15, 0.2) is 5.75 Å². The molecule has 5 nitrogen and oxygen atoms in total. The van der Waals surface area contributed by atoms with Crippen LogP contribution in [0, 0.1) is 0 Å². The van der Waals surface area contributed by atoms with E-state index in [1.165, 1.54) is 5.69 Å². The molecular weight excluding hydrogens is 302 g/mol. The van der Waals surface area contributed by atoms with Crippen molar-refractivity contribution in [1.82, 2.24) is 9.47 Å². The molecule has 1 aromatic heterocycles. The second-order valence-electron chi connectivity index (χ2n) is 6.31. The molecule has 5 heteroatoms. The average molecular weight is 327 g/mol. The van der Waals surface area contributed by atoms with E-state index in [0.717, 1.165) is 51.4 Å². The fourth-order valence-corrected chi connectivity index (χ4v) is 3.22. The quantitative estimate of drug-likeness (QED) is 0.915. The number of anilines is 1. The topological polar surface area (TPSA) is 48.7 Å².